The first-order chi connectivity index (χ1) is 18.5. The maximum Gasteiger partial charge on any atom is 0.212 e. The first-order valence-electron chi connectivity index (χ1n) is 12.4. The lowest BCUT2D eigenvalue weighted by molar-refractivity contribution is -0.118. The van der Waals surface area contributed by atoms with Crippen LogP contribution in [0.1, 0.15) is 24.6 Å². The van der Waals surface area contributed by atoms with E-state index in [9.17, 15) is 10.1 Å². The number of piperazine rings is 1. The highest BCUT2D eigenvalue weighted by Crippen LogP contribution is 2.36. The van der Waals surface area contributed by atoms with Crippen LogP contribution in [0.2, 0.25) is 0 Å². The van der Waals surface area contributed by atoms with Crippen LogP contribution < -0.4 is 20.1 Å². The number of allylic oxidation sites excluding steroid dienone is 1. The van der Waals surface area contributed by atoms with E-state index in [1.165, 1.54) is 31.3 Å². The lowest BCUT2D eigenvalue weighted by atomic mass is 9.87. The van der Waals surface area contributed by atoms with Crippen LogP contribution >= 0.6 is 0 Å². The van der Waals surface area contributed by atoms with Gasteiger partial charge in [0.15, 0.2) is 5.78 Å². The summed E-state index contributed by atoms with van der Waals surface area (Å²) in [5.41, 5.74) is 8.96. The zero-order valence-electron chi connectivity index (χ0n) is 21.4. The topological polar surface area (TPSA) is 130 Å². The van der Waals surface area contributed by atoms with Gasteiger partial charge in [0.1, 0.15) is 24.2 Å². The van der Waals surface area contributed by atoms with Crippen molar-refractivity contribution in [3.63, 3.8) is 0 Å². The Kier molecular flexibility index (Phi) is 7.20. The Balaban J connectivity index is 1.30. The zero-order chi connectivity index (χ0) is 26.6. The normalized spacial score (nSPS) is 18.9. The summed E-state index contributed by atoms with van der Waals surface area (Å²) >= 11 is 0. The van der Waals surface area contributed by atoms with E-state index in [0.29, 0.717) is 35.0 Å². The van der Waals surface area contributed by atoms with Crippen molar-refractivity contribution in [2.24, 2.45) is 5.73 Å². The number of carbonyl (C=O) groups is 1. The van der Waals surface area contributed by atoms with Crippen molar-refractivity contribution in [2.75, 3.05) is 31.7 Å². The van der Waals surface area contributed by atoms with E-state index in [-0.39, 0.29) is 18.0 Å². The molecule has 0 radical (unpaired) electrons. The molecule has 38 heavy (non-hydrogen) atoms. The maximum absolute atomic E-state index is 11.4. The fourth-order valence-corrected chi connectivity index (χ4v) is 5.01. The number of fused-ring (bicyclic) bond motifs is 2. The second kappa shape index (κ2) is 10.9. The van der Waals surface area contributed by atoms with Crippen molar-refractivity contribution in [3.05, 3.63) is 66.4 Å². The minimum Gasteiger partial charge on any atom is -0.484 e. The van der Waals surface area contributed by atoms with Crippen molar-refractivity contribution in [3.8, 4) is 28.8 Å². The number of aromatic nitrogens is 3. The van der Waals surface area contributed by atoms with Crippen molar-refractivity contribution in [1.82, 2.24) is 19.9 Å². The quantitative estimate of drug-likeness (QED) is 0.428. The summed E-state index contributed by atoms with van der Waals surface area (Å²) in [7, 11) is 1.62. The molecule has 0 spiro atoms. The van der Waals surface area contributed by atoms with Crippen molar-refractivity contribution in [1.29, 1.82) is 5.26 Å². The predicted octanol–water partition coefficient (Wildman–Crippen LogP) is 2.80. The Morgan fingerprint density at radius 2 is 1.97 bits per heavy atom. The average Bonchev–Trinajstić information content (AvgIpc) is 2.96. The molecule has 2 atom stereocenters. The molecule has 6 heterocycles. The SMILES string of the molecule is COc1ccc(CN2C3CC2CN(c2ccc(-c4cc(OCC(C)=O)cnc4C(C#N)=CN)cn2)C3)cn1. The van der Waals surface area contributed by atoms with Gasteiger partial charge < -0.3 is 20.1 Å². The standard InChI is InChI=1S/C28H29N7O3/c1-18(36)17-38-24-8-25(28(33-13-24)21(9-29)10-30)20-4-5-26(31-12-20)34-15-22-7-23(16-34)35(22)14-19-3-6-27(37-2)32-11-19/h3-6,8-9,11-13,22-23H,7,14-17,29H2,1-2H3. The molecular weight excluding hydrogens is 482 g/mol. The molecule has 10 nitrogen and oxygen atoms in total. The van der Waals surface area contributed by atoms with Gasteiger partial charge in [0.2, 0.25) is 5.88 Å². The third-order valence-corrected chi connectivity index (χ3v) is 6.95. The van der Waals surface area contributed by atoms with Gasteiger partial charge in [0.25, 0.3) is 0 Å². The number of pyridine rings is 3. The molecule has 3 fully saturated rings. The summed E-state index contributed by atoms with van der Waals surface area (Å²) in [4.78, 5) is 29.7. The molecule has 0 aromatic carbocycles. The summed E-state index contributed by atoms with van der Waals surface area (Å²) < 4.78 is 10.7. The van der Waals surface area contributed by atoms with E-state index in [0.717, 1.165) is 31.0 Å². The minimum absolute atomic E-state index is 0.0568. The van der Waals surface area contributed by atoms with Gasteiger partial charge in [-0.15, -0.1) is 0 Å². The Hall–Kier alpha value is -4.49. The highest BCUT2D eigenvalue weighted by molar-refractivity contribution is 5.85. The number of hydrogen-bond acceptors (Lipinski definition) is 10. The summed E-state index contributed by atoms with van der Waals surface area (Å²) in [6.45, 7) is 4.08. The van der Waals surface area contributed by atoms with Crippen LogP contribution in [0, 0.1) is 11.3 Å². The molecule has 2 N–H and O–H groups in total. The van der Waals surface area contributed by atoms with E-state index in [1.807, 2.05) is 24.4 Å². The number of nitrogens with zero attached hydrogens (tertiary/aromatic N) is 6. The fraction of sp³-hybridized carbons (Fsp3) is 0.321. The zero-order valence-corrected chi connectivity index (χ0v) is 21.4. The number of ether oxygens (including phenoxy) is 2. The van der Waals surface area contributed by atoms with Crippen molar-refractivity contribution >= 4 is 17.2 Å². The van der Waals surface area contributed by atoms with Crippen molar-refractivity contribution < 1.29 is 14.3 Å². The number of methoxy groups -OCH3 is 1. The summed E-state index contributed by atoms with van der Waals surface area (Å²) in [6, 6.07) is 12.7. The second-order valence-electron chi connectivity index (χ2n) is 9.48. The summed E-state index contributed by atoms with van der Waals surface area (Å²) in [5, 5.41) is 9.53. The van der Waals surface area contributed by atoms with Crippen molar-refractivity contribution in [2.45, 2.75) is 32.0 Å². The number of nitriles is 1. The number of anilines is 1. The molecule has 0 saturated carbocycles. The Labute approximate surface area is 221 Å². The number of ketones is 1. The average molecular weight is 512 g/mol. The lowest BCUT2D eigenvalue weighted by Gasteiger charge is -2.56. The van der Waals surface area contributed by atoms with E-state index >= 15 is 0 Å². The van der Waals surface area contributed by atoms with Gasteiger partial charge in [-0.25, -0.2) is 9.97 Å². The van der Waals surface area contributed by atoms with Crippen LogP contribution in [-0.2, 0) is 11.3 Å². The minimum atomic E-state index is -0.0972. The van der Waals surface area contributed by atoms with E-state index in [1.54, 1.807) is 19.4 Å². The van der Waals surface area contributed by atoms with Gasteiger partial charge >= 0.3 is 0 Å². The van der Waals surface area contributed by atoms with Gasteiger partial charge in [-0.3, -0.25) is 14.7 Å². The summed E-state index contributed by atoms with van der Waals surface area (Å²) in [6.07, 6.45) is 7.56. The molecule has 6 rings (SSSR count). The van der Waals surface area contributed by atoms with Gasteiger partial charge in [-0.2, -0.15) is 5.26 Å². The molecule has 2 bridgehead atoms. The Bertz CT molecular complexity index is 1370. The first kappa shape index (κ1) is 25.2. The fourth-order valence-electron chi connectivity index (χ4n) is 5.01. The predicted molar refractivity (Wildman–Crippen MR) is 142 cm³/mol. The molecule has 3 aliphatic rings. The highest BCUT2D eigenvalue weighted by Gasteiger charge is 2.44. The van der Waals surface area contributed by atoms with Crippen LogP contribution in [0.3, 0.4) is 0 Å². The van der Waals surface area contributed by atoms with E-state index in [4.69, 9.17) is 20.2 Å². The van der Waals surface area contributed by atoms with E-state index < -0.39 is 0 Å². The molecule has 3 aromatic heterocycles. The van der Waals surface area contributed by atoms with Crippen LogP contribution in [-0.4, -0.2) is 64.5 Å². The Morgan fingerprint density at radius 3 is 2.58 bits per heavy atom. The van der Waals surface area contributed by atoms with Crippen LogP contribution in [0.5, 0.6) is 11.6 Å². The third-order valence-electron chi connectivity index (χ3n) is 6.95. The Morgan fingerprint density at radius 1 is 1.16 bits per heavy atom. The number of Topliss-reactive ketones (excluding diaryl/α,β-unsaturated/α-hetero) is 1. The number of nitrogens with two attached hydrogens (primary N) is 1. The van der Waals surface area contributed by atoms with Gasteiger partial charge in [0.05, 0.1) is 24.6 Å². The smallest absolute Gasteiger partial charge is 0.212 e. The highest BCUT2D eigenvalue weighted by atomic mass is 16.5. The summed E-state index contributed by atoms with van der Waals surface area (Å²) in [5.74, 6) is 1.86. The van der Waals surface area contributed by atoms with Crippen LogP contribution in [0.4, 0.5) is 5.82 Å². The van der Waals surface area contributed by atoms with Gasteiger partial charge in [-0.1, -0.05) is 6.07 Å². The van der Waals surface area contributed by atoms with Gasteiger partial charge in [-0.05, 0) is 37.1 Å². The number of carbonyl (C=O) groups excluding carboxylic acids is 1. The number of hydrogen-bond donors (Lipinski definition) is 1. The second-order valence-corrected chi connectivity index (χ2v) is 9.48. The molecule has 0 aliphatic carbocycles. The molecular formula is C28H29N7O3. The molecule has 0 amide bonds. The van der Waals surface area contributed by atoms with Gasteiger partial charge in [0, 0.05) is 67.5 Å². The molecule has 3 aliphatic heterocycles. The van der Waals surface area contributed by atoms with E-state index in [2.05, 4.69) is 31.9 Å². The first-order valence-corrected chi connectivity index (χ1v) is 12.4. The molecule has 194 valence electrons. The molecule has 3 aromatic rings. The monoisotopic (exact) mass is 511 g/mol. The third kappa shape index (κ3) is 5.14. The van der Waals surface area contributed by atoms with Crippen LogP contribution in [0.25, 0.3) is 16.7 Å². The molecule has 10 heteroatoms. The molecule has 3 saturated heterocycles. The lowest BCUT2D eigenvalue weighted by Crippen LogP contribution is -2.68. The largest absolute Gasteiger partial charge is 0.484 e. The number of rotatable bonds is 9. The number of piperidine rings is 1. The molecule has 2 unspecified atom stereocenters. The van der Waals surface area contributed by atoms with Crippen LogP contribution in [0.15, 0.2) is 55.1 Å². The maximum atomic E-state index is 11.4.